The molecule has 3 fully saturated rings. The number of fused-ring (bicyclic) bond motifs is 2. The highest BCUT2D eigenvalue weighted by molar-refractivity contribution is 7.74. The van der Waals surface area contributed by atoms with E-state index in [0.29, 0.717) is 25.4 Å². The maximum absolute atomic E-state index is 12.5. The number of hydroxylamine groups is 3. The van der Waals surface area contributed by atoms with Crippen LogP contribution in [0.2, 0.25) is 0 Å². The highest BCUT2D eigenvalue weighted by Crippen LogP contribution is 2.30. The summed E-state index contributed by atoms with van der Waals surface area (Å²) in [5.41, 5.74) is 2.43. The summed E-state index contributed by atoms with van der Waals surface area (Å²) in [4.78, 5) is 35.4. The molecule has 0 aliphatic carbocycles. The molecule has 3 unspecified atom stereocenters. The second-order valence-electron chi connectivity index (χ2n) is 7.40. The smallest absolute Gasteiger partial charge is 0.311 e. The van der Waals surface area contributed by atoms with Crippen LogP contribution in [0, 0.1) is 5.92 Å². The van der Waals surface area contributed by atoms with Crippen LogP contribution >= 0.6 is 0 Å². The van der Waals surface area contributed by atoms with E-state index >= 15 is 0 Å². The van der Waals surface area contributed by atoms with Gasteiger partial charge in [-0.25, -0.2) is 15.3 Å². The third-order valence-electron chi connectivity index (χ3n) is 5.45. The van der Waals surface area contributed by atoms with Crippen molar-refractivity contribution in [1.29, 1.82) is 0 Å². The molecule has 4 heterocycles. The molecule has 0 radical (unpaired) electrons. The number of amides is 3. The van der Waals surface area contributed by atoms with Gasteiger partial charge in [0.15, 0.2) is 0 Å². The van der Waals surface area contributed by atoms with E-state index in [0.717, 1.165) is 24.6 Å². The average molecular weight is 429 g/mol. The zero-order chi connectivity index (χ0) is 20.4. The minimum Gasteiger partial charge on any atom is -0.311 e. The lowest BCUT2D eigenvalue weighted by Crippen LogP contribution is -2.50. The Labute approximate surface area is 169 Å². The van der Waals surface area contributed by atoms with Gasteiger partial charge in [0.25, 0.3) is 5.91 Å². The summed E-state index contributed by atoms with van der Waals surface area (Å²) >= 11 is -2.59. The summed E-state index contributed by atoms with van der Waals surface area (Å²) in [6, 6.07) is -1.52. The molecule has 3 aliphatic rings. The van der Waals surface area contributed by atoms with E-state index in [1.54, 1.807) is 11.0 Å². The molecule has 29 heavy (non-hydrogen) atoms. The Kier molecular flexibility index (Phi) is 6.05. The molecule has 160 valence electrons. The highest BCUT2D eigenvalue weighted by Gasteiger charge is 2.48. The van der Waals surface area contributed by atoms with E-state index in [4.69, 9.17) is 9.39 Å². The van der Waals surface area contributed by atoms with E-state index in [1.165, 1.54) is 11.2 Å². The number of carbonyl (C=O) groups is 2. The Bertz CT molecular complexity index is 764. The molecule has 13 nitrogen and oxygen atoms in total. The summed E-state index contributed by atoms with van der Waals surface area (Å²) in [5, 5.41) is 8.33. The van der Waals surface area contributed by atoms with Crippen molar-refractivity contribution in [3.8, 4) is 0 Å². The van der Waals surface area contributed by atoms with Gasteiger partial charge in [-0.1, -0.05) is 0 Å². The summed E-state index contributed by atoms with van der Waals surface area (Å²) in [6.07, 6.45) is 4.99. The van der Waals surface area contributed by atoms with E-state index in [1.807, 2.05) is 0 Å². The first-order chi connectivity index (χ1) is 14.0. The molecule has 3 aliphatic heterocycles. The van der Waals surface area contributed by atoms with Crippen molar-refractivity contribution >= 4 is 23.3 Å². The van der Waals surface area contributed by atoms with E-state index in [-0.39, 0.29) is 18.6 Å². The zero-order valence-corrected chi connectivity index (χ0v) is 16.4. The second kappa shape index (κ2) is 8.71. The average Bonchev–Trinajstić information content (AvgIpc) is 3.41. The van der Waals surface area contributed by atoms with Gasteiger partial charge in [-0.3, -0.25) is 18.9 Å². The van der Waals surface area contributed by atoms with Crippen LogP contribution in [0.1, 0.15) is 19.3 Å². The molecule has 1 aromatic heterocycles. The van der Waals surface area contributed by atoms with Crippen LogP contribution < -0.4 is 10.8 Å². The fourth-order valence-corrected chi connectivity index (χ4v) is 4.44. The largest absolute Gasteiger partial charge is 0.346 e. The van der Waals surface area contributed by atoms with Crippen LogP contribution in [0.3, 0.4) is 0 Å². The van der Waals surface area contributed by atoms with Gasteiger partial charge in [0, 0.05) is 25.7 Å². The normalized spacial score (nSPS) is 30.0. The number of aromatic nitrogens is 3. The maximum Gasteiger partial charge on any atom is 0.346 e. The van der Waals surface area contributed by atoms with Gasteiger partial charge in [0.2, 0.25) is 0 Å². The number of hydrogen-bond acceptors (Lipinski definition) is 8. The van der Waals surface area contributed by atoms with Crippen LogP contribution in [-0.4, -0.2) is 83.2 Å². The van der Waals surface area contributed by atoms with Gasteiger partial charge >= 0.3 is 17.4 Å². The summed E-state index contributed by atoms with van der Waals surface area (Å²) in [6.45, 7) is 2.17. The Hall–Kier alpha value is -2.13. The second-order valence-corrected chi connectivity index (χ2v) is 7.98. The molecule has 2 bridgehead atoms. The lowest BCUT2D eigenvalue weighted by molar-refractivity contribution is -0.139. The fourth-order valence-electron chi connectivity index (χ4n) is 4.11. The zero-order valence-electron chi connectivity index (χ0n) is 15.5. The van der Waals surface area contributed by atoms with Crippen molar-refractivity contribution in [2.45, 2.75) is 43.9 Å². The van der Waals surface area contributed by atoms with Crippen molar-refractivity contribution in [2.75, 3.05) is 19.7 Å². The number of hydrogen-bond donors (Lipinski definition) is 3. The van der Waals surface area contributed by atoms with Crippen LogP contribution in [-0.2, 0) is 31.8 Å². The first-order valence-corrected chi connectivity index (χ1v) is 10.4. The predicted molar refractivity (Wildman–Crippen MR) is 96.6 cm³/mol. The summed E-state index contributed by atoms with van der Waals surface area (Å²) in [5.74, 6) is -0.0116. The van der Waals surface area contributed by atoms with Crippen molar-refractivity contribution in [3.63, 3.8) is 0 Å². The number of nitrogens with one attached hydrogen (secondary N) is 2. The van der Waals surface area contributed by atoms with Gasteiger partial charge in [-0.05, 0) is 25.2 Å². The molecular formula is C15H23N7O6S. The predicted octanol–water partition coefficient (Wildman–Crippen LogP) is -1.36. The van der Waals surface area contributed by atoms with E-state index < -0.39 is 29.3 Å². The summed E-state index contributed by atoms with van der Waals surface area (Å²) in [7, 11) is 0. The highest BCUT2D eigenvalue weighted by atomic mass is 32.2. The van der Waals surface area contributed by atoms with Gasteiger partial charge in [-0.2, -0.15) is 14.4 Å². The topological polar surface area (TPSA) is 151 Å². The third-order valence-corrected chi connectivity index (χ3v) is 5.74. The number of nitrogens with zero attached hydrogens (tertiary/aromatic N) is 5. The molecule has 3 N–H and O–H groups in total. The fraction of sp³-hybridized carbons (Fsp3) is 0.733. The van der Waals surface area contributed by atoms with Crippen molar-refractivity contribution in [2.24, 2.45) is 5.92 Å². The van der Waals surface area contributed by atoms with Gasteiger partial charge in [0.1, 0.15) is 18.7 Å². The Balaban J connectivity index is 1.20. The maximum atomic E-state index is 12.5. The van der Waals surface area contributed by atoms with Gasteiger partial charge < -0.3 is 10.2 Å². The van der Waals surface area contributed by atoms with Crippen LogP contribution in [0.4, 0.5) is 4.79 Å². The van der Waals surface area contributed by atoms with Crippen LogP contribution in [0.25, 0.3) is 0 Å². The molecule has 0 saturated carbocycles. The van der Waals surface area contributed by atoms with E-state index in [2.05, 4.69) is 25.2 Å². The minimum atomic E-state index is -2.59. The minimum absolute atomic E-state index is 0.108. The molecule has 3 saturated heterocycles. The summed E-state index contributed by atoms with van der Waals surface area (Å²) < 4.78 is 26.1. The molecular weight excluding hydrogens is 406 g/mol. The third kappa shape index (κ3) is 4.56. The molecule has 0 aromatic carbocycles. The Morgan fingerprint density at radius 3 is 3.07 bits per heavy atom. The first kappa shape index (κ1) is 20.2. The SMILES string of the molecule is O=C(NOC[C@H]1C[C@@H](Cn2cncn2)CN1)C1CCC2CN1C(=O)N2OS(=O)O. The lowest BCUT2D eigenvalue weighted by atomic mass is 10.0. The quantitative estimate of drug-likeness (QED) is 0.336. The molecule has 3 amide bonds. The van der Waals surface area contributed by atoms with Gasteiger partial charge in [0.05, 0.1) is 12.6 Å². The molecule has 14 heteroatoms. The molecule has 4 rings (SSSR count). The van der Waals surface area contributed by atoms with Crippen molar-refractivity contribution < 1.29 is 27.5 Å². The monoisotopic (exact) mass is 429 g/mol. The first-order valence-electron chi connectivity index (χ1n) is 9.38. The van der Waals surface area contributed by atoms with Gasteiger partial charge in [-0.15, -0.1) is 4.28 Å². The Morgan fingerprint density at radius 1 is 1.45 bits per heavy atom. The van der Waals surface area contributed by atoms with Crippen LogP contribution in [0.15, 0.2) is 12.7 Å². The lowest BCUT2D eigenvalue weighted by Gasteiger charge is -2.29. The van der Waals surface area contributed by atoms with Crippen molar-refractivity contribution in [3.05, 3.63) is 12.7 Å². The molecule has 1 aromatic rings. The van der Waals surface area contributed by atoms with Crippen molar-refractivity contribution in [1.82, 2.24) is 35.5 Å². The number of carbonyl (C=O) groups excluding carboxylic acids is 2. The van der Waals surface area contributed by atoms with E-state index in [9.17, 15) is 13.8 Å². The number of rotatable bonds is 8. The molecule has 0 spiro atoms. The number of piperidine rings is 1. The Morgan fingerprint density at radius 2 is 2.31 bits per heavy atom. The number of urea groups is 1. The molecule has 5 atom stereocenters. The van der Waals surface area contributed by atoms with Crippen LogP contribution in [0.5, 0.6) is 0 Å². The standard InChI is InChI=1S/C15H23N7O6S/c23-14(13-2-1-12-6-21(13)15(24)22(12)28-29(25)26)19-27-7-11-3-10(4-17-11)5-20-9-16-8-18-20/h8-13,17H,1-7H2,(H,19,23)(H,25,26)/t10-,11-,12?,13?/m1/s1.